The third-order valence-electron chi connectivity index (χ3n) is 4.54. The van der Waals surface area contributed by atoms with E-state index in [0.29, 0.717) is 24.2 Å². The zero-order valence-electron chi connectivity index (χ0n) is 16.7. The van der Waals surface area contributed by atoms with Crippen LogP contribution in [0.5, 0.6) is 0 Å². The van der Waals surface area contributed by atoms with Gasteiger partial charge in [0.05, 0.1) is 17.0 Å². The summed E-state index contributed by atoms with van der Waals surface area (Å²) in [4.78, 5) is 28.9. The average Bonchev–Trinajstić information content (AvgIpc) is 2.73. The first-order valence-electron chi connectivity index (χ1n) is 9.77. The quantitative estimate of drug-likeness (QED) is 0.616. The second-order valence-corrected chi connectivity index (χ2v) is 6.88. The van der Waals surface area contributed by atoms with Gasteiger partial charge in [0.25, 0.3) is 5.91 Å². The largest absolute Gasteiger partial charge is 0.348 e. The molecule has 5 nitrogen and oxygen atoms in total. The Labute approximate surface area is 171 Å². The maximum atomic E-state index is 12.6. The van der Waals surface area contributed by atoms with Crippen molar-refractivity contribution in [2.75, 3.05) is 5.32 Å². The predicted molar refractivity (Wildman–Crippen MR) is 116 cm³/mol. The lowest BCUT2D eigenvalue weighted by atomic mass is 10.1. The number of hydrogen-bond acceptors (Lipinski definition) is 3. The molecule has 5 heteroatoms. The number of aromatic nitrogens is 1. The first-order valence-corrected chi connectivity index (χ1v) is 9.77. The molecule has 3 aromatic rings. The number of hydrogen-bond donors (Lipinski definition) is 2. The third kappa shape index (κ3) is 5.51. The second-order valence-electron chi connectivity index (χ2n) is 6.88. The molecule has 148 valence electrons. The van der Waals surface area contributed by atoms with Crippen LogP contribution in [-0.4, -0.2) is 16.8 Å². The Bertz CT molecular complexity index is 1000. The van der Waals surface area contributed by atoms with Crippen LogP contribution in [-0.2, 0) is 11.3 Å². The van der Waals surface area contributed by atoms with Gasteiger partial charge in [-0.15, -0.1) is 0 Å². The molecule has 2 amide bonds. The number of nitrogens with zero attached hydrogens (tertiary/aromatic N) is 1. The first kappa shape index (κ1) is 20.3. The summed E-state index contributed by atoms with van der Waals surface area (Å²) in [6, 6.07) is 21.0. The van der Waals surface area contributed by atoms with Crippen LogP contribution in [0.2, 0.25) is 0 Å². The monoisotopic (exact) mass is 387 g/mol. The minimum absolute atomic E-state index is 0.00566. The Hall–Kier alpha value is -3.47. The average molecular weight is 387 g/mol. The van der Waals surface area contributed by atoms with Gasteiger partial charge in [0.15, 0.2) is 0 Å². The molecule has 1 aromatic heterocycles. The molecule has 0 saturated heterocycles. The first-order chi connectivity index (χ1) is 14.1. The fourth-order valence-corrected chi connectivity index (χ4v) is 3.06. The summed E-state index contributed by atoms with van der Waals surface area (Å²) in [6.07, 6.45) is 1.30. The van der Waals surface area contributed by atoms with Crippen molar-refractivity contribution in [3.8, 4) is 11.3 Å². The SMILES string of the molecule is CCCC(=O)Nc1cccc(CNC(=O)c2ccc(-c3ccccc3)nc2C)c1. The van der Waals surface area contributed by atoms with Crippen molar-refractivity contribution < 1.29 is 9.59 Å². The number of benzene rings is 2. The maximum Gasteiger partial charge on any atom is 0.253 e. The van der Waals surface area contributed by atoms with Gasteiger partial charge in [0.2, 0.25) is 5.91 Å². The van der Waals surface area contributed by atoms with E-state index in [2.05, 4.69) is 15.6 Å². The normalized spacial score (nSPS) is 10.4. The van der Waals surface area contributed by atoms with Gasteiger partial charge >= 0.3 is 0 Å². The van der Waals surface area contributed by atoms with Crippen molar-refractivity contribution in [1.29, 1.82) is 0 Å². The highest BCUT2D eigenvalue weighted by Crippen LogP contribution is 2.19. The Morgan fingerprint density at radius 2 is 1.76 bits per heavy atom. The summed E-state index contributed by atoms with van der Waals surface area (Å²) in [5.74, 6) is -0.177. The molecule has 0 aliphatic carbocycles. The fourth-order valence-electron chi connectivity index (χ4n) is 3.06. The molecule has 0 saturated carbocycles. The van der Waals surface area contributed by atoms with E-state index in [9.17, 15) is 9.59 Å². The molecule has 2 aromatic carbocycles. The maximum absolute atomic E-state index is 12.6. The molecule has 0 aliphatic rings. The Balaban J connectivity index is 1.64. The van der Waals surface area contributed by atoms with Crippen LogP contribution in [0.15, 0.2) is 66.7 Å². The van der Waals surface area contributed by atoms with Crippen molar-refractivity contribution in [3.63, 3.8) is 0 Å². The van der Waals surface area contributed by atoms with Crippen molar-refractivity contribution in [2.24, 2.45) is 0 Å². The Kier molecular flexibility index (Phi) is 6.74. The Morgan fingerprint density at radius 1 is 0.966 bits per heavy atom. The van der Waals surface area contributed by atoms with Gasteiger partial charge in [-0.1, -0.05) is 49.4 Å². The van der Waals surface area contributed by atoms with Gasteiger partial charge in [-0.05, 0) is 43.2 Å². The van der Waals surface area contributed by atoms with Crippen LogP contribution in [0.1, 0.15) is 41.4 Å². The number of amides is 2. The molecule has 0 aliphatic heterocycles. The van der Waals surface area contributed by atoms with E-state index in [-0.39, 0.29) is 11.8 Å². The number of pyridine rings is 1. The second kappa shape index (κ2) is 9.64. The summed E-state index contributed by atoms with van der Waals surface area (Å²) in [5, 5.41) is 5.80. The standard InChI is InChI=1S/C24H25N3O2/c1-3-8-23(28)27-20-12-7-9-18(15-20)16-25-24(29)21-13-14-22(26-17(21)2)19-10-5-4-6-11-19/h4-7,9-15H,3,8,16H2,1-2H3,(H,25,29)(H,27,28). The van der Waals surface area contributed by atoms with E-state index < -0.39 is 0 Å². The van der Waals surface area contributed by atoms with Crippen LogP contribution in [0.25, 0.3) is 11.3 Å². The summed E-state index contributed by atoms with van der Waals surface area (Å²) in [6.45, 7) is 4.18. The van der Waals surface area contributed by atoms with Gasteiger partial charge in [0, 0.05) is 24.2 Å². The number of carbonyl (C=O) groups excluding carboxylic acids is 2. The summed E-state index contributed by atoms with van der Waals surface area (Å²) >= 11 is 0. The molecular formula is C24H25N3O2. The molecule has 1 heterocycles. The molecule has 0 fully saturated rings. The molecule has 2 N–H and O–H groups in total. The van der Waals surface area contributed by atoms with E-state index in [4.69, 9.17) is 0 Å². The van der Waals surface area contributed by atoms with Gasteiger partial charge in [0.1, 0.15) is 0 Å². The van der Waals surface area contributed by atoms with Crippen LogP contribution in [0, 0.1) is 6.92 Å². The zero-order chi connectivity index (χ0) is 20.6. The molecule has 0 spiro atoms. The number of aryl methyl sites for hydroxylation is 1. The highest BCUT2D eigenvalue weighted by atomic mass is 16.2. The van der Waals surface area contributed by atoms with Crippen LogP contribution < -0.4 is 10.6 Å². The fraction of sp³-hybridized carbons (Fsp3) is 0.208. The van der Waals surface area contributed by atoms with Crippen LogP contribution in [0.4, 0.5) is 5.69 Å². The molecule has 0 radical (unpaired) electrons. The number of nitrogens with one attached hydrogen (secondary N) is 2. The molecule has 29 heavy (non-hydrogen) atoms. The number of carbonyl (C=O) groups is 2. The van der Waals surface area contributed by atoms with Crippen molar-refractivity contribution in [2.45, 2.75) is 33.2 Å². The highest BCUT2D eigenvalue weighted by Gasteiger charge is 2.11. The summed E-state index contributed by atoms with van der Waals surface area (Å²) < 4.78 is 0. The van der Waals surface area contributed by atoms with Crippen molar-refractivity contribution >= 4 is 17.5 Å². The van der Waals surface area contributed by atoms with Crippen molar-refractivity contribution in [3.05, 3.63) is 83.6 Å². The molecule has 3 rings (SSSR count). The highest BCUT2D eigenvalue weighted by molar-refractivity contribution is 5.95. The zero-order valence-corrected chi connectivity index (χ0v) is 16.7. The topological polar surface area (TPSA) is 71.1 Å². The van der Waals surface area contributed by atoms with E-state index in [1.165, 1.54) is 0 Å². The van der Waals surface area contributed by atoms with Gasteiger partial charge in [-0.25, -0.2) is 0 Å². The minimum atomic E-state index is -0.171. The number of anilines is 1. The molecule has 0 atom stereocenters. The summed E-state index contributed by atoms with van der Waals surface area (Å²) in [5.41, 5.74) is 4.75. The van der Waals surface area contributed by atoms with Gasteiger partial charge in [-0.2, -0.15) is 0 Å². The van der Waals surface area contributed by atoms with E-state index in [1.807, 2.05) is 74.5 Å². The van der Waals surface area contributed by atoms with E-state index in [0.717, 1.165) is 28.9 Å². The van der Waals surface area contributed by atoms with Crippen molar-refractivity contribution in [1.82, 2.24) is 10.3 Å². The summed E-state index contributed by atoms with van der Waals surface area (Å²) in [7, 11) is 0. The van der Waals surface area contributed by atoms with Gasteiger partial charge in [-0.3, -0.25) is 14.6 Å². The lowest BCUT2D eigenvalue weighted by molar-refractivity contribution is -0.116. The molecule has 0 bridgehead atoms. The lowest BCUT2D eigenvalue weighted by Crippen LogP contribution is -2.24. The van der Waals surface area contributed by atoms with Gasteiger partial charge < -0.3 is 10.6 Å². The Morgan fingerprint density at radius 3 is 2.48 bits per heavy atom. The van der Waals surface area contributed by atoms with E-state index >= 15 is 0 Å². The smallest absolute Gasteiger partial charge is 0.253 e. The molecular weight excluding hydrogens is 362 g/mol. The predicted octanol–water partition coefficient (Wildman–Crippen LogP) is 4.73. The number of rotatable bonds is 7. The third-order valence-corrected chi connectivity index (χ3v) is 4.54. The minimum Gasteiger partial charge on any atom is -0.348 e. The van der Waals surface area contributed by atoms with E-state index in [1.54, 1.807) is 6.07 Å². The van der Waals surface area contributed by atoms with Crippen LogP contribution >= 0.6 is 0 Å². The van der Waals surface area contributed by atoms with Crippen LogP contribution in [0.3, 0.4) is 0 Å². The molecule has 0 unspecified atom stereocenters. The lowest BCUT2D eigenvalue weighted by Gasteiger charge is -2.10.